The van der Waals surface area contributed by atoms with Gasteiger partial charge in [-0.05, 0) is 20.5 Å². The van der Waals surface area contributed by atoms with Gasteiger partial charge in [-0.2, -0.15) is 0 Å². The molecule has 2 heterocycles. The highest BCUT2D eigenvalue weighted by Gasteiger charge is 2.21. The Morgan fingerprint density at radius 1 is 1.19 bits per heavy atom. The summed E-state index contributed by atoms with van der Waals surface area (Å²) in [6.45, 7) is 8.59. The number of hydrogen-bond acceptors (Lipinski definition) is 5. The third-order valence-electron chi connectivity index (χ3n) is 3.91. The molecule has 6 heteroatoms. The fraction of sp³-hybridized carbons (Fsp3) is 0.733. The van der Waals surface area contributed by atoms with E-state index in [9.17, 15) is 0 Å². The largest absolute Gasteiger partial charge is 0.354 e. The summed E-state index contributed by atoms with van der Waals surface area (Å²) in [5.41, 5.74) is 1.10. The predicted molar refractivity (Wildman–Crippen MR) is 88.2 cm³/mol. The quantitative estimate of drug-likeness (QED) is 0.748. The summed E-state index contributed by atoms with van der Waals surface area (Å²) in [6.07, 6.45) is 3.58. The van der Waals surface area contributed by atoms with Crippen molar-refractivity contribution in [1.82, 2.24) is 19.8 Å². The molecule has 0 saturated carbocycles. The second-order valence-corrected chi connectivity index (χ2v) is 6.21. The van der Waals surface area contributed by atoms with Gasteiger partial charge in [0, 0.05) is 44.8 Å². The van der Waals surface area contributed by atoms with Crippen LogP contribution in [0.4, 0.5) is 5.82 Å². The average Bonchev–Trinajstić information content (AvgIpc) is 2.48. The van der Waals surface area contributed by atoms with Gasteiger partial charge >= 0.3 is 0 Å². The van der Waals surface area contributed by atoms with Crippen LogP contribution < -0.4 is 4.90 Å². The molecule has 0 spiro atoms. The highest BCUT2D eigenvalue weighted by atomic mass is 35.5. The van der Waals surface area contributed by atoms with Crippen molar-refractivity contribution in [2.24, 2.45) is 0 Å². The monoisotopic (exact) mass is 311 g/mol. The first-order valence-electron chi connectivity index (χ1n) is 7.73. The first-order valence-corrected chi connectivity index (χ1v) is 8.11. The third-order valence-corrected chi connectivity index (χ3v) is 4.23. The molecule has 1 aromatic rings. The molecule has 0 N–H and O–H groups in total. The minimum atomic E-state index is 0.608. The minimum Gasteiger partial charge on any atom is -0.354 e. The lowest BCUT2D eigenvalue weighted by Crippen LogP contribution is -2.48. The summed E-state index contributed by atoms with van der Waals surface area (Å²) in [5, 5.41) is 0.608. The van der Waals surface area contributed by atoms with Crippen LogP contribution in [0.2, 0.25) is 5.15 Å². The highest BCUT2D eigenvalue weighted by Crippen LogP contribution is 2.25. The molecule has 0 unspecified atom stereocenters. The van der Waals surface area contributed by atoms with Crippen LogP contribution in [0.3, 0.4) is 0 Å². The SMILES string of the molecule is CCCc1c(Cl)ncnc1N1CCN(CCN(C)C)CC1. The van der Waals surface area contributed by atoms with Crippen molar-refractivity contribution in [2.45, 2.75) is 19.8 Å². The van der Waals surface area contributed by atoms with Gasteiger partial charge in [-0.3, -0.25) is 4.90 Å². The summed E-state index contributed by atoms with van der Waals surface area (Å²) in [4.78, 5) is 15.7. The maximum Gasteiger partial charge on any atom is 0.137 e. The topological polar surface area (TPSA) is 35.5 Å². The minimum absolute atomic E-state index is 0.608. The number of halogens is 1. The van der Waals surface area contributed by atoms with E-state index in [-0.39, 0.29) is 0 Å². The van der Waals surface area contributed by atoms with Crippen molar-refractivity contribution >= 4 is 17.4 Å². The predicted octanol–water partition coefficient (Wildman–Crippen LogP) is 1.77. The molecule has 0 amide bonds. The Kier molecular flexibility index (Phi) is 6.21. The van der Waals surface area contributed by atoms with Crippen LogP contribution in [-0.2, 0) is 6.42 Å². The average molecular weight is 312 g/mol. The Hall–Kier alpha value is -0.910. The molecule has 118 valence electrons. The number of anilines is 1. The molecule has 5 nitrogen and oxygen atoms in total. The molecule has 0 aliphatic carbocycles. The van der Waals surface area contributed by atoms with Crippen molar-refractivity contribution < 1.29 is 0 Å². The Morgan fingerprint density at radius 2 is 1.90 bits per heavy atom. The molecular weight excluding hydrogens is 286 g/mol. The van der Waals surface area contributed by atoms with Crippen molar-refractivity contribution in [3.8, 4) is 0 Å². The van der Waals surface area contributed by atoms with Gasteiger partial charge in [0.2, 0.25) is 0 Å². The molecule has 1 saturated heterocycles. The fourth-order valence-corrected chi connectivity index (χ4v) is 2.87. The molecule has 21 heavy (non-hydrogen) atoms. The molecule has 0 aromatic carbocycles. The fourth-order valence-electron chi connectivity index (χ4n) is 2.64. The second-order valence-electron chi connectivity index (χ2n) is 5.85. The second kappa shape index (κ2) is 7.92. The van der Waals surface area contributed by atoms with Gasteiger partial charge in [0.1, 0.15) is 17.3 Å². The number of likely N-dealkylation sites (N-methyl/N-ethyl adjacent to an activating group) is 1. The van der Waals surface area contributed by atoms with Crippen LogP contribution in [0.15, 0.2) is 6.33 Å². The Labute approximate surface area is 132 Å². The van der Waals surface area contributed by atoms with Crippen molar-refractivity contribution in [2.75, 3.05) is 58.3 Å². The number of hydrogen-bond donors (Lipinski definition) is 0. The lowest BCUT2D eigenvalue weighted by molar-refractivity contribution is 0.229. The number of piperazine rings is 1. The van der Waals surface area contributed by atoms with Gasteiger partial charge in [-0.25, -0.2) is 9.97 Å². The summed E-state index contributed by atoms with van der Waals surface area (Å²) >= 11 is 6.25. The van der Waals surface area contributed by atoms with Gasteiger partial charge < -0.3 is 9.80 Å². The standard InChI is InChI=1S/C15H26ClN5/c1-4-5-13-14(16)17-12-18-15(13)21-10-8-20(9-11-21)7-6-19(2)3/h12H,4-11H2,1-3H3. The molecule has 1 aliphatic rings. The van der Waals surface area contributed by atoms with Crippen molar-refractivity contribution in [3.63, 3.8) is 0 Å². The van der Waals surface area contributed by atoms with Crippen LogP contribution in [0.1, 0.15) is 18.9 Å². The lowest BCUT2D eigenvalue weighted by Gasteiger charge is -2.36. The van der Waals surface area contributed by atoms with Crippen LogP contribution in [-0.4, -0.2) is 73.1 Å². The first-order chi connectivity index (χ1) is 10.1. The zero-order chi connectivity index (χ0) is 15.2. The Balaban J connectivity index is 1.97. The summed E-state index contributed by atoms with van der Waals surface area (Å²) < 4.78 is 0. The summed E-state index contributed by atoms with van der Waals surface area (Å²) in [6, 6.07) is 0. The first kappa shape index (κ1) is 16.5. The van der Waals surface area contributed by atoms with Crippen LogP contribution in [0, 0.1) is 0 Å². The van der Waals surface area contributed by atoms with E-state index in [1.54, 1.807) is 6.33 Å². The molecule has 0 atom stereocenters. The van der Waals surface area contributed by atoms with E-state index in [0.717, 1.165) is 63.5 Å². The van der Waals surface area contributed by atoms with Gasteiger partial charge in [-0.15, -0.1) is 0 Å². The lowest BCUT2D eigenvalue weighted by atomic mass is 10.1. The summed E-state index contributed by atoms with van der Waals surface area (Å²) in [7, 11) is 4.24. The molecule has 0 radical (unpaired) electrons. The summed E-state index contributed by atoms with van der Waals surface area (Å²) in [5.74, 6) is 1.03. The maximum absolute atomic E-state index is 6.25. The van der Waals surface area contributed by atoms with E-state index in [1.165, 1.54) is 0 Å². The van der Waals surface area contributed by atoms with E-state index in [0.29, 0.717) is 5.15 Å². The van der Waals surface area contributed by atoms with Gasteiger partial charge in [0.25, 0.3) is 0 Å². The van der Waals surface area contributed by atoms with Gasteiger partial charge in [0.15, 0.2) is 0 Å². The molecule has 1 aromatic heterocycles. The Morgan fingerprint density at radius 3 is 2.52 bits per heavy atom. The van der Waals surface area contributed by atoms with E-state index in [1.807, 2.05) is 0 Å². The smallest absolute Gasteiger partial charge is 0.137 e. The third kappa shape index (κ3) is 4.53. The molecule has 1 aliphatic heterocycles. The zero-order valence-corrected chi connectivity index (χ0v) is 14.1. The van der Waals surface area contributed by atoms with Gasteiger partial charge in [-0.1, -0.05) is 24.9 Å². The number of nitrogens with zero attached hydrogens (tertiary/aromatic N) is 5. The molecule has 1 fully saturated rings. The van der Waals surface area contributed by atoms with E-state index in [2.05, 4.69) is 45.7 Å². The van der Waals surface area contributed by atoms with E-state index < -0.39 is 0 Å². The van der Waals surface area contributed by atoms with E-state index >= 15 is 0 Å². The maximum atomic E-state index is 6.25. The Bertz CT molecular complexity index is 444. The number of rotatable bonds is 6. The van der Waals surface area contributed by atoms with Crippen LogP contribution in [0.5, 0.6) is 0 Å². The molecule has 0 bridgehead atoms. The zero-order valence-electron chi connectivity index (χ0n) is 13.3. The number of aromatic nitrogens is 2. The van der Waals surface area contributed by atoms with Crippen molar-refractivity contribution in [3.05, 3.63) is 17.0 Å². The molecule has 2 rings (SSSR count). The normalized spacial score (nSPS) is 16.7. The van der Waals surface area contributed by atoms with E-state index in [4.69, 9.17) is 11.6 Å². The molecular formula is C15H26ClN5. The highest BCUT2D eigenvalue weighted by molar-refractivity contribution is 6.30. The van der Waals surface area contributed by atoms with Gasteiger partial charge in [0.05, 0.1) is 0 Å². The van der Waals surface area contributed by atoms with Crippen LogP contribution >= 0.6 is 11.6 Å². The van der Waals surface area contributed by atoms with Crippen molar-refractivity contribution in [1.29, 1.82) is 0 Å². The van der Waals surface area contributed by atoms with Crippen LogP contribution in [0.25, 0.3) is 0 Å².